The minimum absolute atomic E-state index is 0.248. The van der Waals surface area contributed by atoms with Crippen molar-refractivity contribution in [2.24, 2.45) is 0 Å². The Morgan fingerprint density at radius 3 is 1.40 bits per heavy atom. The summed E-state index contributed by atoms with van der Waals surface area (Å²) in [5.41, 5.74) is 0. The largest absolute Gasteiger partial charge is 0.394 e. The van der Waals surface area contributed by atoms with E-state index in [-0.39, 0.29) is 18.9 Å². The molecule has 412 valence electrons. The minimum atomic E-state index is -1.79. The van der Waals surface area contributed by atoms with E-state index in [0.717, 1.165) is 38.5 Å². The van der Waals surface area contributed by atoms with Crippen molar-refractivity contribution >= 4 is 5.91 Å². The molecule has 14 nitrogen and oxygen atoms in total. The van der Waals surface area contributed by atoms with Crippen LogP contribution in [0.5, 0.6) is 0 Å². The van der Waals surface area contributed by atoms with Gasteiger partial charge in [-0.25, -0.2) is 0 Å². The molecule has 9 N–H and O–H groups in total. The van der Waals surface area contributed by atoms with Crippen molar-refractivity contribution in [3.63, 3.8) is 0 Å². The molecule has 14 heteroatoms. The van der Waals surface area contributed by atoms with Crippen molar-refractivity contribution in [3.8, 4) is 0 Å². The zero-order valence-corrected chi connectivity index (χ0v) is 44.0. The first-order valence-corrected chi connectivity index (χ1v) is 28.6. The van der Waals surface area contributed by atoms with Gasteiger partial charge in [0.2, 0.25) is 5.91 Å². The lowest BCUT2D eigenvalue weighted by Gasteiger charge is -2.46. The van der Waals surface area contributed by atoms with Crippen molar-refractivity contribution in [2.75, 3.05) is 19.8 Å². The molecule has 2 saturated heterocycles. The second-order valence-electron chi connectivity index (χ2n) is 20.4. The molecule has 0 bridgehead atoms. The molecule has 2 rings (SSSR count). The normalized spacial score (nSPS) is 26.1. The summed E-state index contributed by atoms with van der Waals surface area (Å²) in [4.78, 5) is 13.2. The van der Waals surface area contributed by atoms with Crippen LogP contribution in [0.25, 0.3) is 0 Å². The number of amides is 1. The third-order valence-corrected chi connectivity index (χ3v) is 14.1. The molecule has 2 fully saturated rings. The molecule has 70 heavy (non-hydrogen) atoms. The fourth-order valence-electron chi connectivity index (χ4n) is 9.48. The van der Waals surface area contributed by atoms with E-state index in [1.54, 1.807) is 6.08 Å². The molecular formula is C56H105NO13. The summed E-state index contributed by atoms with van der Waals surface area (Å²) in [5, 5.41) is 86.6. The molecule has 2 aliphatic heterocycles. The third kappa shape index (κ3) is 28.8. The van der Waals surface area contributed by atoms with Crippen LogP contribution in [0.4, 0.5) is 0 Å². The lowest BCUT2D eigenvalue weighted by atomic mass is 9.97. The van der Waals surface area contributed by atoms with Crippen molar-refractivity contribution in [1.29, 1.82) is 0 Å². The van der Waals surface area contributed by atoms with Crippen molar-refractivity contribution in [1.82, 2.24) is 5.32 Å². The van der Waals surface area contributed by atoms with E-state index >= 15 is 0 Å². The van der Waals surface area contributed by atoms with Gasteiger partial charge >= 0.3 is 0 Å². The third-order valence-electron chi connectivity index (χ3n) is 14.1. The molecule has 0 aromatic heterocycles. The van der Waals surface area contributed by atoms with Crippen LogP contribution in [-0.4, -0.2) is 140 Å². The van der Waals surface area contributed by atoms with Gasteiger partial charge in [-0.05, 0) is 32.1 Å². The fourth-order valence-corrected chi connectivity index (χ4v) is 9.48. The SMILES string of the molecule is CCCCC/C=C/CC/C=C/C(O)C(COC1OC(CO)C(OC2OC(CO)C(O)C(O)C2O)C(O)C1O)NC(=O)CCCCCCCCCCCCCCCCCCCCCCCCCCCCC. The van der Waals surface area contributed by atoms with Crippen LogP contribution in [0.15, 0.2) is 24.3 Å². The van der Waals surface area contributed by atoms with E-state index in [9.17, 15) is 45.6 Å². The van der Waals surface area contributed by atoms with Gasteiger partial charge in [-0.1, -0.05) is 218 Å². The summed E-state index contributed by atoms with van der Waals surface area (Å²) in [6.45, 7) is 2.73. The fraction of sp³-hybridized carbons (Fsp3) is 0.911. The van der Waals surface area contributed by atoms with Gasteiger partial charge in [0.25, 0.3) is 0 Å². The molecule has 0 saturated carbocycles. The standard InChI is InChI=1S/C56H105NO13/c1-3-5-7-9-11-13-14-15-16-17-18-19-20-21-22-23-24-25-26-27-28-29-30-32-34-36-38-40-48(61)57-44(45(60)39-37-35-33-31-12-10-8-6-4-2)43-67-55-53(66)51(64)54(47(42-59)69-55)70-56-52(65)50(63)49(62)46(41-58)68-56/h12,31,37,39,44-47,49-56,58-60,62-66H,3-11,13-30,32-36,38,40-43H2,1-2H3,(H,57,61)/b31-12+,39-37+. The first kappa shape index (κ1) is 64.6. The highest BCUT2D eigenvalue weighted by Gasteiger charge is 2.51. The molecule has 0 spiro atoms. The molecule has 0 radical (unpaired) electrons. The average molecular weight is 1000 g/mol. The smallest absolute Gasteiger partial charge is 0.220 e. The van der Waals surface area contributed by atoms with Gasteiger partial charge in [0.1, 0.15) is 48.8 Å². The van der Waals surface area contributed by atoms with Gasteiger partial charge < -0.3 is 65.1 Å². The Morgan fingerprint density at radius 1 is 0.500 bits per heavy atom. The predicted molar refractivity (Wildman–Crippen MR) is 277 cm³/mol. The van der Waals surface area contributed by atoms with E-state index in [1.807, 2.05) is 6.08 Å². The summed E-state index contributed by atoms with van der Waals surface area (Å²) in [7, 11) is 0. The molecule has 0 aliphatic carbocycles. The summed E-state index contributed by atoms with van der Waals surface area (Å²) in [6, 6.07) is -0.925. The molecule has 0 aromatic carbocycles. The first-order chi connectivity index (χ1) is 34.1. The zero-order valence-electron chi connectivity index (χ0n) is 44.0. The van der Waals surface area contributed by atoms with Crippen LogP contribution in [-0.2, 0) is 23.7 Å². The highest BCUT2D eigenvalue weighted by atomic mass is 16.7. The monoisotopic (exact) mass is 1000 g/mol. The number of nitrogens with one attached hydrogen (secondary N) is 1. The van der Waals surface area contributed by atoms with E-state index in [1.165, 1.54) is 161 Å². The van der Waals surface area contributed by atoms with Crippen LogP contribution < -0.4 is 5.32 Å². The quantitative estimate of drug-likeness (QED) is 0.0205. The van der Waals surface area contributed by atoms with E-state index in [4.69, 9.17) is 18.9 Å². The Balaban J connectivity index is 1.66. The number of unbranched alkanes of at least 4 members (excludes halogenated alkanes) is 30. The van der Waals surface area contributed by atoms with Gasteiger partial charge in [0, 0.05) is 6.42 Å². The van der Waals surface area contributed by atoms with Gasteiger partial charge in [-0.15, -0.1) is 0 Å². The number of ether oxygens (including phenoxy) is 4. The summed E-state index contributed by atoms with van der Waals surface area (Å²) < 4.78 is 22.7. The molecule has 2 aliphatic rings. The van der Waals surface area contributed by atoms with Crippen LogP contribution in [0.2, 0.25) is 0 Å². The van der Waals surface area contributed by atoms with E-state index < -0.39 is 86.8 Å². The van der Waals surface area contributed by atoms with Crippen molar-refractivity contribution in [2.45, 2.75) is 306 Å². The molecule has 1 amide bonds. The Morgan fingerprint density at radius 2 is 0.914 bits per heavy atom. The van der Waals surface area contributed by atoms with Gasteiger partial charge in [-0.3, -0.25) is 4.79 Å². The Bertz CT molecular complexity index is 1270. The number of hydrogen-bond acceptors (Lipinski definition) is 13. The van der Waals surface area contributed by atoms with Crippen LogP contribution >= 0.6 is 0 Å². The van der Waals surface area contributed by atoms with E-state index in [2.05, 4.69) is 31.3 Å². The second kappa shape index (κ2) is 42.8. The van der Waals surface area contributed by atoms with Crippen LogP contribution in [0.1, 0.15) is 232 Å². The molecule has 0 aromatic rings. The maximum atomic E-state index is 13.2. The van der Waals surface area contributed by atoms with Crippen LogP contribution in [0, 0.1) is 0 Å². The van der Waals surface area contributed by atoms with Crippen LogP contribution in [0.3, 0.4) is 0 Å². The van der Waals surface area contributed by atoms with Gasteiger partial charge in [0.15, 0.2) is 12.6 Å². The maximum absolute atomic E-state index is 13.2. The van der Waals surface area contributed by atoms with Gasteiger partial charge in [-0.2, -0.15) is 0 Å². The highest BCUT2D eigenvalue weighted by Crippen LogP contribution is 2.30. The molecule has 12 atom stereocenters. The minimum Gasteiger partial charge on any atom is -0.394 e. The second-order valence-corrected chi connectivity index (χ2v) is 20.4. The lowest BCUT2D eigenvalue weighted by Crippen LogP contribution is -2.65. The summed E-state index contributed by atoms with van der Waals surface area (Å²) in [5.74, 6) is -0.248. The number of aliphatic hydroxyl groups excluding tert-OH is 8. The Hall–Kier alpha value is -1.53. The molecule has 12 unspecified atom stereocenters. The zero-order chi connectivity index (χ0) is 51.0. The number of carbonyl (C=O) groups excluding carboxylic acids is 1. The average Bonchev–Trinajstić information content (AvgIpc) is 3.36. The van der Waals surface area contributed by atoms with Crippen molar-refractivity contribution in [3.05, 3.63) is 24.3 Å². The first-order valence-electron chi connectivity index (χ1n) is 28.6. The van der Waals surface area contributed by atoms with E-state index in [0.29, 0.717) is 12.8 Å². The summed E-state index contributed by atoms with van der Waals surface area (Å²) in [6.07, 6.45) is 32.6. The highest BCUT2D eigenvalue weighted by molar-refractivity contribution is 5.76. The Labute approximate surface area is 424 Å². The number of aliphatic hydroxyl groups is 8. The number of carbonyl (C=O) groups is 1. The predicted octanol–water partition coefficient (Wildman–Crippen LogP) is 8.89. The number of allylic oxidation sites excluding steroid dienone is 3. The number of hydrogen-bond donors (Lipinski definition) is 9. The lowest BCUT2D eigenvalue weighted by molar-refractivity contribution is -0.359. The molecule has 2 heterocycles. The number of rotatable bonds is 45. The summed E-state index contributed by atoms with van der Waals surface area (Å²) >= 11 is 0. The van der Waals surface area contributed by atoms with Crippen molar-refractivity contribution < 1.29 is 64.6 Å². The Kier molecular flexibility index (Phi) is 39.5. The van der Waals surface area contributed by atoms with Gasteiger partial charge in [0.05, 0.1) is 32.0 Å². The maximum Gasteiger partial charge on any atom is 0.220 e. The molecular weight excluding hydrogens is 895 g/mol. The topological polar surface area (TPSA) is 228 Å².